The molecule has 3 unspecified atom stereocenters. The third-order valence-corrected chi connectivity index (χ3v) is 3.47. The molecule has 1 saturated heterocycles. The van der Waals surface area contributed by atoms with Crippen molar-refractivity contribution in [3.63, 3.8) is 0 Å². The zero-order chi connectivity index (χ0) is 10.7. The summed E-state index contributed by atoms with van der Waals surface area (Å²) in [6.45, 7) is 3.98. The fourth-order valence-corrected chi connectivity index (χ4v) is 2.45. The summed E-state index contributed by atoms with van der Waals surface area (Å²) >= 11 is 0. The molecule has 0 amide bonds. The number of aliphatic hydroxyl groups excluding tert-OH is 1. The van der Waals surface area contributed by atoms with Crippen molar-refractivity contribution < 1.29 is 5.11 Å². The molecule has 1 aromatic carbocycles. The number of β-amino-alcohol motifs (C(OH)–C–C–N with tert-alkyl or cyclic N) is 1. The van der Waals surface area contributed by atoms with E-state index in [-0.39, 0.29) is 6.10 Å². The zero-order valence-corrected chi connectivity index (χ0v) is 9.19. The molecule has 82 valence electrons. The van der Waals surface area contributed by atoms with Crippen LogP contribution in [-0.2, 0) is 0 Å². The highest BCUT2D eigenvalue weighted by atomic mass is 16.3. The Morgan fingerprint density at radius 1 is 1.33 bits per heavy atom. The molecule has 0 radical (unpaired) electrons. The Bertz CT molecular complexity index is 299. The van der Waals surface area contributed by atoms with Crippen LogP contribution in [0.1, 0.15) is 24.8 Å². The number of nitrogens with one attached hydrogen (secondary N) is 1. The lowest BCUT2D eigenvalue weighted by Crippen LogP contribution is -2.42. The highest BCUT2D eigenvalue weighted by molar-refractivity contribution is 5.20. The first-order valence-electron chi connectivity index (χ1n) is 5.73. The number of aliphatic hydroxyl groups is 1. The standard InChI is InChI=1S/C13H19NO/c1-10(11-5-3-2-4-6-11)12-7-8-14-9-13(12)15/h2-6,10,12-15H,7-9H2,1H3. The SMILES string of the molecule is CC(c1ccccc1)C1CCNCC1O. The summed E-state index contributed by atoms with van der Waals surface area (Å²) in [5.41, 5.74) is 1.34. The van der Waals surface area contributed by atoms with Crippen LogP contribution in [0, 0.1) is 5.92 Å². The normalized spacial score (nSPS) is 28.7. The van der Waals surface area contributed by atoms with Gasteiger partial charge in [-0.25, -0.2) is 0 Å². The van der Waals surface area contributed by atoms with E-state index in [0.717, 1.165) is 19.5 Å². The molecule has 2 nitrogen and oxygen atoms in total. The van der Waals surface area contributed by atoms with Gasteiger partial charge < -0.3 is 10.4 Å². The Kier molecular flexibility index (Phi) is 3.39. The maximum Gasteiger partial charge on any atom is 0.0698 e. The van der Waals surface area contributed by atoms with E-state index in [4.69, 9.17) is 0 Å². The van der Waals surface area contributed by atoms with Crippen LogP contribution in [0.3, 0.4) is 0 Å². The van der Waals surface area contributed by atoms with E-state index < -0.39 is 0 Å². The molecule has 1 aliphatic rings. The number of hydrogen-bond acceptors (Lipinski definition) is 2. The molecule has 0 aliphatic carbocycles. The van der Waals surface area contributed by atoms with Crippen LogP contribution in [0.15, 0.2) is 30.3 Å². The van der Waals surface area contributed by atoms with Gasteiger partial charge in [0.1, 0.15) is 0 Å². The fraction of sp³-hybridized carbons (Fsp3) is 0.538. The van der Waals surface area contributed by atoms with Gasteiger partial charge >= 0.3 is 0 Å². The van der Waals surface area contributed by atoms with Crippen molar-refractivity contribution in [1.82, 2.24) is 5.32 Å². The van der Waals surface area contributed by atoms with Crippen molar-refractivity contribution in [3.05, 3.63) is 35.9 Å². The maximum absolute atomic E-state index is 9.94. The van der Waals surface area contributed by atoms with Crippen molar-refractivity contribution in [1.29, 1.82) is 0 Å². The van der Waals surface area contributed by atoms with Gasteiger partial charge in [0.25, 0.3) is 0 Å². The molecular weight excluding hydrogens is 186 g/mol. The lowest BCUT2D eigenvalue weighted by molar-refractivity contribution is 0.0695. The molecule has 0 aromatic heterocycles. The van der Waals surface area contributed by atoms with Gasteiger partial charge in [-0.05, 0) is 30.4 Å². The molecule has 3 atom stereocenters. The molecule has 0 bridgehead atoms. The summed E-state index contributed by atoms with van der Waals surface area (Å²) in [6, 6.07) is 10.5. The van der Waals surface area contributed by atoms with E-state index in [2.05, 4.69) is 36.5 Å². The third kappa shape index (κ3) is 2.39. The van der Waals surface area contributed by atoms with Gasteiger partial charge in [0, 0.05) is 6.54 Å². The summed E-state index contributed by atoms with van der Waals surface area (Å²) in [5, 5.41) is 13.2. The summed E-state index contributed by atoms with van der Waals surface area (Å²) < 4.78 is 0. The van der Waals surface area contributed by atoms with E-state index in [1.807, 2.05) is 6.07 Å². The molecule has 0 saturated carbocycles. The van der Waals surface area contributed by atoms with E-state index >= 15 is 0 Å². The molecule has 1 heterocycles. The van der Waals surface area contributed by atoms with Crippen LogP contribution in [0.4, 0.5) is 0 Å². The largest absolute Gasteiger partial charge is 0.391 e. The summed E-state index contributed by atoms with van der Waals surface area (Å²) in [4.78, 5) is 0. The number of rotatable bonds is 2. The molecule has 2 N–H and O–H groups in total. The van der Waals surface area contributed by atoms with Gasteiger partial charge in [0.05, 0.1) is 6.10 Å². The monoisotopic (exact) mass is 205 g/mol. The average Bonchev–Trinajstić information content (AvgIpc) is 2.30. The molecule has 2 rings (SSSR count). The highest BCUT2D eigenvalue weighted by Crippen LogP contribution is 2.30. The molecule has 0 spiro atoms. The molecule has 15 heavy (non-hydrogen) atoms. The lowest BCUT2D eigenvalue weighted by atomic mass is 9.80. The van der Waals surface area contributed by atoms with E-state index in [0.29, 0.717) is 11.8 Å². The first-order chi connectivity index (χ1) is 7.29. The van der Waals surface area contributed by atoms with Gasteiger partial charge in [-0.3, -0.25) is 0 Å². The maximum atomic E-state index is 9.94. The van der Waals surface area contributed by atoms with Crippen molar-refractivity contribution in [2.75, 3.05) is 13.1 Å². The number of hydrogen-bond donors (Lipinski definition) is 2. The Labute approximate surface area is 91.3 Å². The number of benzene rings is 1. The van der Waals surface area contributed by atoms with Gasteiger partial charge in [-0.15, -0.1) is 0 Å². The minimum Gasteiger partial charge on any atom is -0.391 e. The van der Waals surface area contributed by atoms with Gasteiger partial charge in [0.15, 0.2) is 0 Å². The minimum absolute atomic E-state index is 0.200. The third-order valence-electron chi connectivity index (χ3n) is 3.47. The summed E-state index contributed by atoms with van der Waals surface area (Å²) in [7, 11) is 0. The van der Waals surface area contributed by atoms with Crippen LogP contribution >= 0.6 is 0 Å². The van der Waals surface area contributed by atoms with E-state index in [1.54, 1.807) is 0 Å². The molecule has 1 fully saturated rings. The average molecular weight is 205 g/mol. The van der Waals surface area contributed by atoms with E-state index in [1.165, 1.54) is 5.56 Å². The van der Waals surface area contributed by atoms with Gasteiger partial charge in [0.2, 0.25) is 0 Å². The second-order valence-electron chi connectivity index (χ2n) is 4.42. The predicted molar refractivity (Wildman–Crippen MR) is 61.8 cm³/mol. The predicted octanol–water partition coefficient (Wildman–Crippen LogP) is 1.76. The van der Waals surface area contributed by atoms with Crippen molar-refractivity contribution in [3.8, 4) is 0 Å². The van der Waals surface area contributed by atoms with Crippen LogP contribution < -0.4 is 5.32 Å². The summed E-state index contributed by atoms with van der Waals surface area (Å²) in [5.74, 6) is 0.844. The Hall–Kier alpha value is -0.860. The minimum atomic E-state index is -0.200. The van der Waals surface area contributed by atoms with E-state index in [9.17, 15) is 5.11 Å². The molecule has 2 heteroatoms. The Morgan fingerprint density at radius 2 is 2.07 bits per heavy atom. The zero-order valence-electron chi connectivity index (χ0n) is 9.19. The second kappa shape index (κ2) is 4.77. The smallest absolute Gasteiger partial charge is 0.0698 e. The van der Waals surface area contributed by atoms with Crippen LogP contribution in [0.2, 0.25) is 0 Å². The topological polar surface area (TPSA) is 32.3 Å². The quantitative estimate of drug-likeness (QED) is 0.771. The van der Waals surface area contributed by atoms with Crippen LogP contribution in [0.5, 0.6) is 0 Å². The second-order valence-corrected chi connectivity index (χ2v) is 4.42. The van der Waals surface area contributed by atoms with Crippen LogP contribution in [-0.4, -0.2) is 24.3 Å². The first-order valence-corrected chi connectivity index (χ1v) is 5.73. The molecule has 1 aliphatic heterocycles. The van der Waals surface area contributed by atoms with Gasteiger partial charge in [-0.2, -0.15) is 0 Å². The fourth-order valence-electron chi connectivity index (χ4n) is 2.45. The Balaban J connectivity index is 2.09. The molecular formula is C13H19NO. The summed E-state index contributed by atoms with van der Waals surface area (Å²) in [6.07, 6.45) is 0.867. The number of piperidine rings is 1. The molecule has 1 aromatic rings. The lowest BCUT2D eigenvalue weighted by Gasteiger charge is -2.33. The Morgan fingerprint density at radius 3 is 2.73 bits per heavy atom. The van der Waals surface area contributed by atoms with Crippen molar-refractivity contribution >= 4 is 0 Å². The van der Waals surface area contributed by atoms with Crippen molar-refractivity contribution in [2.45, 2.75) is 25.4 Å². The highest BCUT2D eigenvalue weighted by Gasteiger charge is 2.28. The van der Waals surface area contributed by atoms with Crippen LogP contribution in [0.25, 0.3) is 0 Å². The van der Waals surface area contributed by atoms with Crippen molar-refractivity contribution in [2.24, 2.45) is 5.92 Å². The first kappa shape index (κ1) is 10.7. The van der Waals surface area contributed by atoms with Gasteiger partial charge in [-0.1, -0.05) is 37.3 Å².